The number of carbonyl (C=O) groups is 1. The molecule has 3 rings (SSSR count). The molecule has 140 valence electrons. The number of aryl methyl sites for hydroxylation is 2. The van der Waals surface area contributed by atoms with Crippen molar-refractivity contribution >= 4 is 17.5 Å². The molecule has 0 radical (unpaired) electrons. The Labute approximate surface area is 159 Å². The van der Waals surface area contributed by atoms with Crippen molar-refractivity contribution in [3.8, 4) is 5.75 Å². The summed E-state index contributed by atoms with van der Waals surface area (Å²) in [6.45, 7) is 3.88. The molecule has 0 unspecified atom stereocenters. The number of hydrogen-bond donors (Lipinski definition) is 1. The summed E-state index contributed by atoms with van der Waals surface area (Å²) >= 11 is 5.89. The zero-order chi connectivity index (χ0) is 19.4. The van der Waals surface area contributed by atoms with Crippen LogP contribution in [0.15, 0.2) is 34.9 Å². The van der Waals surface area contributed by atoms with Crippen LogP contribution in [0.25, 0.3) is 0 Å². The molecule has 0 bridgehead atoms. The van der Waals surface area contributed by atoms with Gasteiger partial charge >= 0.3 is 0 Å². The summed E-state index contributed by atoms with van der Waals surface area (Å²) in [5, 5.41) is 6.53. The third-order valence-electron chi connectivity index (χ3n) is 3.49. The minimum absolute atomic E-state index is 0.00812. The van der Waals surface area contributed by atoms with Crippen LogP contribution in [-0.2, 0) is 13.2 Å². The molecule has 1 N–H and O–H groups in total. The first-order valence-corrected chi connectivity index (χ1v) is 8.41. The fraction of sp³-hybridized carbons (Fsp3) is 0.222. The molecule has 0 aliphatic carbocycles. The minimum atomic E-state index is -0.459. The Morgan fingerprint density at radius 1 is 1.22 bits per heavy atom. The topological polar surface area (TPSA) is 90.1 Å². The fourth-order valence-corrected chi connectivity index (χ4v) is 2.58. The lowest BCUT2D eigenvalue weighted by Crippen LogP contribution is -2.24. The second-order valence-corrected chi connectivity index (χ2v) is 6.20. The standard InChI is InChI=1S/C18H16ClFN4O3/c1-10-5-11(2)23-17(22-10)8-21-18(25)15-7-13(27-24-15)9-26-16-4-3-12(20)6-14(16)19/h3-7H,8-9H2,1-2H3,(H,21,25). The number of rotatable bonds is 6. The van der Waals surface area contributed by atoms with E-state index in [9.17, 15) is 9.18 Å². The van der Waals surface area contributed by atoms with Crippen LogP contribution in [0.5, 0.6) is 5.75 Å². The van der Waals surface area contributed by atoms with E-state index in [1.807, 2.05) is 19.9 Å². The predicted octanol–water partition coefficient (Wildman–Crippen LogP) is 3.38. The maximum absolute atomic E-state index is 13.0. The van der Waals surface area contributed by atoms with Gasteiger partial charge in [-0.05, 0) is 38.1 Å². The summed E-state index contributed by atoms with van der Waals surface area (Å²) in [6, 6.07) is 7.09. The number of carbonyl (C=O) groups excluding carboxylic acids is 1. The summed E-state index contributed by atoms with van der Waals surface area (Å²) in [7, 11) is 0. The van der Waals surface area contributed by atoms with Gasteiger partial charge in [-0.1, -0.05) is 16.8 Å². The van der Waals surface area contributed by atoms with Gasteiger partial charge in [0.25, 0.3) is 5.91 Å². The van der Waals surface area contributed by atoms with Gasteiger partial charge in [-0.2, -0.15) is 0 Å². The lowest BCUT2D eigenvalue weighted by Gasteiger charge is -2.05. The average molecular weight is 391 g/mol. The molecule has 0 saturated carbocycles. The number of nitrogens with zero attached hydrogens (tertiary/aromatic N) is 3. The van der Waals surface area contributed by atoms with Gasteiger partial charge in [-0.25, -0.2) is 14.4 Å². The van der Waals surface area contributed by atoms with Gasteiger partial charge in [0.2, 0.25) is 0 Å². The Kier molecular flexibility index (Phi) is 5.66. The van der Waals surface area contributed by atoms with Crippen LogP contribution in [0.4, 0.5) is 4.39 Å². The van der Waals surface area contributed by atoms with Crippen molar-refractivity contribution in [2.24, 2.45) is 0 Å². The van der Waals surface area contributed by atoms with E-state index in [4.69, 9.17) is 20.9 Å². The second-order valence-electron chi connectivity index (χ2n) is 5.79. The molecule has 1 aromatic carbocycles. The molecule has 0 aliphatic rings. The number of amides is 1. The molecular formula is C18H16ClFN4O3. The number of benzene rings is 1. The number of hydrogen-bond acceptors (Lipinski definition) is 6. The monoisotopic (exact) mass is 390 g/mol. The van der Waals surface area contributed by atoms with Crippen molar-refractivity contribution < 1.29 is 18.4 Å². The SMILES string of the molecule is Cc1cc(C)nc(CNC(=O)c2cc(COc3ccc(F)cc3Cl)on2)n1. The molecular weight excluding hydrogens is 375 g/mol. The van der Waals surface area contributed by atoms with Crippen molar-refractivity contribution in [2.45, 2.75) is 27.0 Å². The molecule has 0 fully saturated rings. The van der Waals surface area contributed by atoms with E-state index < -0.39 is 11.7 Å². The third kappa shape index (κ3) is 5.01. The quantitative estimate of drug-likeness (QED) is 0.693. The zero-order valence-corrected chi connectivity index (χ0v) is 15.4. The molecule has 0 spiro atoms. The van der Waals surface area contributed by atoms with Crippen LogP contribution in [0.3, 0.4) is 0 Å². The number of ether oxygens (including phenoxy) is 1. The van der Waals surface area contributed by atoms with Crippen molar-refractivity contribution in [1.29, 1.82) is 0 Å². The first kappa shape index (κ1) is 18.8. The smallest absolute Gasteiger partial charge is 0.273 e. The average Bonchev–Trinajstić information content (AvgIpc) is 3.07. The Morgan fingerprint density at radius 3 is 2.67 bits per heavy atom. The number of nitrogens with one attached hydrogen (secondary N) is 1. The van der Waals surface area contributed by atoms with E-state index in [-0.39, 0.29) is 23.9 Å². The minimum Gasteiger partial charge on any atom is -0.484 e. The first-order valence-electron chi connectivity index (χ1n) is 8.03. The Bertz CT molecular complexity index is 957. The van der Waals surface area contributed by atoms with E-state index in [1.54, 1.807) is 0 Å². The number of halogens is 2. The van der Waals surface area contributed by atoms with Gasteiger partial charge in [-0.15, -0.1) is 0 Å². The van der Waals surface area contributed by atoms with Gasteiger partial charge in [0.1, 0.15) is 24.0 Å². The fourth-order valence-electron chi connectivity index (χ4n) is 2.36. The van der Waals surface area contributed by atoms with Gasteiger partial charge in [0.05, 0.1) is 11.6 Å². The Balaban J connectivity index is 1.57. The molecule has 0 saturated heterocycles. The maximum atomic E-state index is 13.0. The molecule has 0 atom stereocenters. The van der Waals surface area contributed by atoms with E-state index in [0.717, 1.165) is 17.5 Å². The third-order valence-corrected chi connectivity index (χ3v) is 3.79. The van der Waals surface area contributed by atoms with Crippen molar-refractivity contribution in [1.82, 2.24) is 20.4 Å². The summed E-state index contributed by atoms with van der Waals surface area (Å²) in [5.74, 6) is 0.251. The summed E-state index contributed by atoms with van der Waals surface area (Å²) in [4.78, 5) is 20.7. The second kappa shape index (κ2) is 8.13. The van der Waals surface area contributed by atoms with Crippen LogP contribution in [0.2, 0.25) is 5.02 Å². The molecule has 2 aromatic heterocycles. The van der Waals surface area contributed by atoms with E-state index >= 15 is 0 Å². The van der Waals surface area contributed by atoms with Crippen LogP contribution < -0.4 is 10.1 Å². The molecule has 7 nitrogen and oxygen atoms in total. The highest BCUT2D eigenvalue weighted by atomic mass is 35.5. The molecule has 1 amide bonds. The highest BCUT2D eigenvalue weighted by Gasteiger charge is 2.14. The van der Waals surface area contributed by atoms with Crippen LogP contribution in [0, 0.1) is 19.7 Å². The van der Waals surface area contributed by atoms with Gasteiger partial charge in [0, 0.05) is 17.5 Å². The van der Waals surface area contributed by atoms with E-state index in [1.165, 1.54) is 18.2 Å². The van der Waals surface area contributed by atoms with Crippen LogP contribution in [0.1, 0.15) is 33.5 Å². The van der Waals surface area contributed by atoms with Gasteiger partial charge in [-0.3, -0.25) is 4.79 Å². The largest absolute Gasteiger partial charge is 0.484 e. The number of aromatic nitrogens is 3. The molecule has 0 aliphatic heterocycles. The predicted molar refractivity (Wildman–Crippen MR) is 94.9 cm³/mol. The van der Waals surface area contributed by atoms with Crippen molar-refractivity contribution in [3.63, 3.8) is 0 Å². The molecule has 3 aromatic rings. The summed E-state index contributed by atoms with van der Waals surface area (Å²) in [5.41, 5.74) is 1.75. The zero-order valence-electron chi connectivity index (χ0n) is 14.6. The molecule has 27 heavy (non-hydrogen) atoms. The highest BCUT2D eigenvalue weighted by molar-refractivity contribution is 6.32. The highest BCUT2D eigenvalue weighted by Crippen LogP contribution is 2.25. The summed E-state index contributed by atoms with van der Waals surface area (Å²) < 4.78 is 23.5. The Morgan fingerprint density at radius 2 is 1.96 bits per heavy atom. The maximum Gasteiger partial charge on any atom is 0.273 e. The van der Waals surface area contributed by atoms with E-state index in [0.29, 0.717) is 17.3 Å². The molecule has 9 heteroatoms. The van der Waals surface area contributed by atoms with Gasteiger partial charge in [0.15, 0.2) is 11.5 Å². The van der Waals surface area contributed by atoms with Crippen LogP contribution in [-0.4, -0.2) is 21.0 Å². The molecule has 2 heterocycles. The van der Waals surface area contributed by atoms with Crippen LogP contribution >= 0.6 is 11.6 Å². The first-order chi connectivity index (χ1) is 12.9. The summed E-state index contributed by atoms with van der Waals surface area (Å²) in [6.07, 6.45) is 0. The Hall–Kier alpha value is -3.00. The normalized spacial score (nSPS) is 10.7. The lowest BCUT2D eigenvalue weighted by atomic mass is 10.3. The van der Waals surface area contributed by atoms with Crippen molar-refractivity contribution in [2.75, 3.05) is 0 Å². The van der Waals surface area contributed by atoms with E-state index in [2.05, 4.69) is 20.4 Å². The lowest BCUT2D eigenvalue weighted by molar-refractivity contribution is 0.0940. The van der Waals surface area contributed by atoms with Gasteiger partial charge < -0.3 is 14.6 Å². The van der Waals surface area contributed by atoms with Crippen molar-refractivity contribution in [3.05, 3.63) is 69.8 Å².